The van der Waals surface area contributed by atoms with Crippen LogP contribution >= 0.6 is 11.3 Å². The molecule has 0 bridgehead atoms. The van der Waals surface area contributed by atoms with Gasteiger partial charge in [-0.3, -0.25) is 4.79 Å². The van der Waals surface area contributed by atoms with Crippen molar-refractivity contribution >= 4 is 22.4 Å². The lowest BCUT2D eigenvalue weighted by molar-refractivity contribution is -0.138. The van der Waals surface area contributed by atoms with Gasteiger partial charge in [0.15, 0.2) is 5.13 Å². The fourth-order valence-electron chi connectivity index (χ4n) is 2.79. The van der Waals surface area contributed by atoms with E-state index in [1.54, 1.807) is 11.3 Å². The first kappa shape index (κ1) is 12.0. The molecule has 4 nitrogen and oxygen atoms in total. The van der Waals surface area contributed by atoms with Gasteiger partial charge in [-0.25, -0.2) is 4.98 Å². The van der Waals surface area contributed by atoms with E-state index in [0.29, 0.717) is 0 Å². The van der Waals surface area contributed by atoms with Crippen LogP contribution in [0, 0.1) is 5.92 Å². The van der Waals surface area contributed by atoms with Crippen LogP contribution < -0.4 is 4.90 Å². The van der Waals surface area contributed by atoms with Crippen molar-refractivity contribution in [1.82, 2.24) is 4.98 Å². The molecule has 98 valence electrons. The van der Waals surface area contributed by atoms with Crippen LogP contribution in [0.2, 0.25) is 0 Å². The highest BCUT2D eigenvalue weighted by atomic mass is 32.1. The predicted octanol–water partition coefficient (Wildman–Crippen LogP) is 2.49. The number of hydrogen-bond acceptors (Lipinski definition) is 4. The molecule has 1 saturated heterocycles. The minimum atomic E-state index is -0.724. The minimum absolute atomic E-state index is 0.367. The maximum atomic E-state index is 11.1. The second-order valence-electron chi connectivity index (χ2n) is 5.40. The van der Waals surface area contributed by atoms with E-state index in [1.165, 1.54) is 17.7 Å². The van der Waals surface area contributed by atoms with Gasteiger partial charge in [0.1, 0.15) is 5.92 Å². The number of anilines is 1. The number of piperidine rings is 1. The first-order chi connectivity index (χ1) is 8.65. The van der Waals surface area contributed by atoms with Gasteiger partial charge in [-0.2, -0.15) is 0 Å². The van der Waals surface area contributed by atoms with Crippen LogP contribution in [0.4, 0.5) is 5.13 Å². The van der Waals surface area contributed by atoms with E-state index >= 15 is 0 Å². The molecule has 1 N–H and O–H groups in total. The molecule has 1 aromatic rings. The highest BCUT2D eigenvalue weighted by Gasteiger charge is 2.33. The third-order valence-electron chi connectivity index (χ3n) is 4.06. The number of nitrogens with zero attached hydrogens (tertiary/aromatic N) is 2. The predicted molar refractivity (Wildman–Crippen MR) is 71.4 cm³/mol. The maximum Gasteiger partial charge on any atom is 0.312 e. The van der Waals surface area contributed by atoms with Gasteiger partial charge in [-0.15, -0.1) is 11.3 Å². The lowest BCUT2D eigenvalue weighted by Gasteiger charge is -2.29. The molecule has 1 atom stereocenters. The van der Waals surface area contributed by atoms with Gasteiger partial charge in [0.25, 0.3) is 0 Å². The van der Waals surface area contributed by atoms with Gasteiger partial charge >= 0.3 is 5.97 Å². The SMILES string of the molecule is CC1CCN(c2nc3c(s2)CCC3C(=O)O)CC1. The number of carboxylic acid groups (broad SMARTS) is 1. The minimum Gasteiger partial charge on any atom is -0.481 e. The highest BCUT2D eigenvalue weighted by molar-refractivity contribution is 7.15. The molecule has 0 saturated carbocycles. The summed E-state index contributed by atoms with van der Waals surface area (Å²) in [5.41, 5.74) is 0.834. The summed E-state index contributed by atoms with van der Waals surface area (Å²) in [7, 11) is 0. The highest BCUT2D eigenvalue weighted by Crippen LogP contribution is 2.40. The zero-order valence-electron chi connectivity index (χ0n) is 10.6. The second kappa shape index (κ2) is 4.53. The fourth-order valence-corrected chi connectivity index (χ4v) is 3.98. The zero-order chi connectivity index (χ0) is 12.7. The number of fused-ring (bicyclic) bond motifs is 1. The van der Waals surface area contributed by atoms with Gasteiger partial charge in [0.2, 0.25) is 0 Å². The molecule has 18 heavy (non-hydrogen) atoms. The number of carbonyl (C=O) groups is 1. The summed E-state index contributed by atoms with van der Waals surface area (Å²) in [5, 5.41) is 10.2. The fraction of sp³-hybridized carbons (Fsp3) is 0.692. The van der Waals surface area contributed by atoms with Crippen molar-refractivity contribution in [3.63, 3.8) is 0 Å². The maximum absolute atomic E-state index is 11.1. The lowest BCUT2D eigenvalue weighted by Crippen LogP contribution is -2.32. The van der Waals surface area contributed by atoms with Crippen molar-refractivity contribution in [1.29, 1.82) is 0 Å². The topological polar surface area (TPSA) is 53.4 Å². The van der Waals surface area contributed by atoms with E-state index in [-0.39, 0.29) is 5.92 Å². The lowest BCUT2D eigenvalue weighted by atomic mass is 10.00. The molecule has 0 aromatic carbocycles. The molecule has 1 aliphatic carbocycles. The van der Waals surface area contributed by atoms with E-state index in [2.05, 4.69) is 16.8 Å². The number of carboxylic acids is 1. The van der Waals surface area contributed by atoms with Crippen molar-refractivity contribution in [2.75, 3.05) is 18.0 Å². The summed E-state index contributed by atoms with van der Waals surface area (Å²) >= 11 is 1.70. The molecule has 0 amide bonds. The van der Waals surface area contributed by atoms with Crippen LogP contribution in [0.5, 0.6) is 0 Å². The molecular weight excluding hydrogens is 248 g/mol. The van der Waals surface area contributed by atoms with Gasteiger partial charge in [-0.1, -0.05) is 6.92 Å². The van der Waals surface area contributed by atoms with Crippen molar-refractivity contribution in [2.24, 2.45) is 5.92 Å². The Bertz CT molecular complexity index is 464. The van der Waals surface area contributed by atoms with E-state index in [1.807, 2.05) is 0 Å². The first-order valence-corrected chi connectivity index (χ1v) is 7.44. The van der Waals surface area contributed by atoms with Gasteiger partial charge < -0.3 is 10.0 Å². The number of aromatic nitrogens is 1. The van der Waals surface area contributed by atoms with Crippen LogP contribution in [0.15, 0.2) is 0 Å². The second-order valence-corrected chi connectivity index (χ2v) is 6.47. The quantitative estimate of drug-likeness (QED) is 0.893. The summed E-state index contributed by atoms with van der Waals surface area (Å²) in [6.07, 6.45) is 4.04. The monoisotopic (exact) mass is 266 g/mol. The normalized spacial score (nSPS) is 24.3. The van der Waals surface area contributed by atoms with Crippen LogP contribution in [0.25, 0.3) is 0 Å². The number of hydrogen-bond donors (Lipinski definition) is 1. The number of aryl methyl sites for hydroxylation is 1. The Morgan fingerprint density at radius 2 is 2.11 bits per heavy atom. The summed E-state index contributed by atoms with van der Waals surface area (Å²) in [6.45, 7) is 4.41. The number of aliphatic carboxylic acids is 1. The molecule has 2 aliphatic rings. The number of rotatable bonds is 2. The average Bonchev–Trinajstić information content (AvgIpc) is 2.88. The molecule has 5 heteroatoms. The molecule has 3 rings (SSSR count). The first-order valence-electron chi connectivity index (χ1n) is 6.62. The largest absolute Gasteiger partial charge is 0.481 e. The Balaban J connectivity index is 1.80. The van der Waals surface area contributed by atoms with Crippen molar-refractivity contribution in [2.45, 2.75) is 38.5 Å². The van der Waals surface area contributed by atoms with E-state index < -0.39 is 5.97 Å². The van der Waals surface area contributed by atoms with E-state index in [9.17, 15) is 4.79 Å². The summed E-state index contributed by atoms with van der Waals surface area (Å²) < 4.78 is 0. The van der Waals surface area contributed by atoms with Crippen molar-refractivity contribution in [3.05, 3.63) is 10.6 Å². The Kier molecular flexibility index (Phi) is 3.01. The smallest absolute Gasteiger partial charge is 0.312 e. The summed E-state index contributed by atoms with van der Waals surface area (Å²) in [6, 6.07) is 0. The van der Waals surface area contributed by atoms with Crippen LogP contribution in [-0.2, 0) is 11.2 Å². The van der Waals surface area contributed by atoms with Crippen LogP contribution in [0.3, 0.4) is 0 Å². The Morgan fingerprint density at radius 1 is 1.39 bits per heavy atom. The summed E-state index contributed by atoms with van der Waals surface area (Å²) in [5.74, 6) is -0.286. The summed E-state index contributed by atoms with van der Waals surface area (Å²) in [4.78, 5) is 19.3. The third kappa shape index (κ3) is 2.00. The Morgan fingerprint density at radius 3 is 2.78 bits per heavy atom. The molecule has 0 radical (unpaired) electrons. The zero-order valence-corrected chi connectivity index (χ0v) is 11.4. The van der Waals surface area contributed by atoms with Crippen molar-refractivity contribution < 1.29 is 9.90 Å². The molecule has 1 aliphatic heterocycles. The Labute approximate surface area is 111 Å². The molecule has 1 unspecified atom stereocenters. The average molecular weight is 266 g/mol. The van der Waals surface area contributed by atoms with Crippen LogP contribution in [-0.4, -0.2) is 29.1 Å². The van der Waals surface area contributed by atoms with E-state index in [0.717, 1.165) is 42.7 Å². The van der Waals surface area contributed by atoms with E-state index in [4.69, 9.17) is 5.11 Å². The molecule has 1 aromatic heterocycles. The standard InChI is InChI=1S/C13H18N2O2S/c1-8-4-6-15(7-5-8)13-14-11-9(12(16)17)2-3-10(11)18-13/h8-9H,2-7H2,1H3,(H,16,17). The molecule has 2 heterocycles. The van der Waals surface area contributed by atoms with Crippen LogP contribution in [0.1, 0.15) is 42.7 Å². The van der Waals surface area contributed by atoms with Gasteiger partial charge in [0.05, 0.1) is 5.69 Å². The van der Waals surface area contributed by atoms with Gasteiger partial charge in [-0.05, 0) is 31.6 Å². The van der Waals surface area contributed by atoms with Gasteiger partial charge in [0, 0.05) is 18.0 Å². The molecule has 1 fully saturated rings. The molecular formula is C13H18N2O2S. The third-order valence-corrected chi connectivity index (χ3v) is 5.25. The number of thiazole rings is 1. The molecule has 0 spiro atoms. The van der Waals surface area contributed by atoms with Crippen molar-refractivity contribution in [3.8, 4) is 0 Å². The Hall–Kier alpha value is -1.10.